The van der Waals surface area contributed by atoms with Gasteiger partial charge in [0.15, 0.2) is 0 Å². The highest BCUT2D eigenvalue weighted by Gasteiger charge is 2.35. The summed E-state index contributed by atoms with van der Waals surface area (Å²) in [6, 6.07) is 13.6. The molecule has 10 heteroatoms. The molecule has 1 aliphatic carbocycles. The van der Waals surface area contributed by atoms with E-state index in [0.717, 1.165) is 52.6 Å². The van der Waals surface area contributed by atoms with Crippen molar-refractivity contribution in [2.24, 2.45) is 11.8 Å². The lowest BCUT2D eigenvalue weighted by atomic mass is 9.84. The number of carboxylic acids is 1. The molecule has 4 rings (SSSR count). The first-order valence-electron chi connectivity index (χ1n) is 18.0. The first-order valence-corrected chi connectivity index (χ1v) is 22.9. The highest BCUT2D eigenvalue weighted by Crippen LogP contribution is 2.37. The molecule has 0 radical (unpaired) electrons. The number of amides is 1. The Hall–Kier alpha value is -2.01. The predicted octanol–water partition coefficient (Wildman–Crippen LogP) is 8.34. The molecule has 2 aromatic carbocycles. The van der Waals surface area contributed by atoms with Crippen LogP contribution in [0.1, 0.15) is 99.5 Å². The van der Waals surface area contributed by atoms with Crippen LogP contribution in [0.15, 0.2) is 42.5 Å². The van der Waals surface area contributed by atoms with Gasteiger partial charge >= 0.3 is 5.97 Å². The monoisotopic (exact) mass is 732 g/mol. The Morgan fingerprint density at radius 2 is 1.67 bits per heavy atom. The molecule has 4 atom stereocenters. The first-order chi connectivity index (χ1) is 23.4. The smallest absolute Gasteiger partial charge is 0.326 e. The number of aliphatic carboxylic acids is 1. The van der Waals surface area contributed by atoms with Crippen molar-refractivity contribution in [3.63, 3.8) is 0 Å². The summed E-state index contributed by atoms with van der Waals surface area (Å²) in [6.45, 7) is 7.35. The first kappa shape index (κ1) is 41.4. The highest BCUT2D eigenvalue weighted by molar-refractivity contribution is 7.98. The average Bonchev–Trinajstić information content (AvgIpc) is 3.43. The van der Waals surface area contributed by atoms with Crippen LogP contribution in [0.25, 0.3) is 11.1 Å². The molecule has 2 aliphatic rings. The van der Waals surface area contributed by atoms with Crippen molar-refractivity contribution in [2.45, 2.75) is 110 Å². The summed E-state index contributed by atoms with van der Waals surface area (Å²) in [5, 5.41) is 12.3. The lowest BCUT2D eigenvalue weighted by Crippen LogP contribution is -2.42. The fraction of sp³-hybridized carbons (Fsp3) is 0.641. The standard InChI is InChI=1S/C33H46N2O5S2.C6H14S/c1-23-9-7-8-12-28(23)30-20-25(13-16-29(30)32(36)34-31(33(37)38)17-18-42(3,39)40)21-35-26(14-15-27(35)22-41-2)19-24-10-5-4-6-11-24;1-4-6(2)5-7-3/h7-9,12-13,16,20,24,26-27,31H,4-6,10-11,14-15,17-19,21-22H2,1-3H3,(H,34,36)(H,37,38);6H,4-5H2,1-3H3/t;6-/m.1/s1. The van der Waals surface area contributed by atoms with E-state index in [0.29, 0.717) is 17.6 Å². The van der Waals surface area contributed by atoms with Gasteiger partial charge in [0.05, 0.1) is 5.75 Å². The van der Waals surface area contributed by atoms with E-state index in [1.54, 1.807) is 6.07 Å². The number of hydrogen-bond donors (Lipinski definition) is 2. The molecule has 1 heterocycles. The number of likely N-dealkylation sites (tertiary alicyclic amines) is 1. The number of carboxylic acid groups (broad SMARTS) is 1. The molecule has 0 aromatic heterocycles. The Labute approximate surface area is 305 Å². The van der Waals surface area contributed by atoms with E-state index >= 15 is 0 Å². The van der Waals surface area contributed by atoms with Crippen LogP contribution in [0.4, 0.5) is 0 Å². The van der Waals surface area contributed by atoms with Gasteiger partial charge in [-0.15, -0.1) is 0 Å². The van der Waals surface area contributed by atoms with Crippen molar-refractivity contribution >= 4 is 45.2 Å². The minimum atomic E-state index is -3.37. The minimum absolute atomic E-state index is 0.189. The quantitative estimate of drug-likeness (QED) is 0.178. The number of rotatable bonds is 16. The molecule has 2 N–H and O–H groups in total. The van der Waals surface area contributed by atoms with Gasteiger partial charge < -0.3 is 10.4 Å². The normalized spacial score (nSPS) is 19.9. The van der Waals surface area contributed by atoms with Gasteiger partial charge in [-0.2, -0.15) is 23.5 Å². The van der Waals surface area contributed by atoms with Crippen LogP contribution in [-0.2, 0) is 21.2 Å². The number of sulfone groups is 1. The second-order valence-electron chi connectivity index (χ2n) is 14.2. The maximum absolute atomic E-state index is 13.5. The lowest BCUT2D eigenvalue weighted by Gasteiger charge is -2.33. The summed E-state index contributed by atoms with van der Waals surface area (Å²) < 4.78 is 23.3. The molecular weight excluding hydrogens is 673 g/mol. The van der Waals surface area contributed by atoms with E-state index in [1.807, 2.05) is 60.8 Å². The van der Waals surface area contributed by atoms with Crippen LogP contribution in [-0.4, -0.2) is 84.5 Å². The predicted molar refractivity (Wildman–Crippen MR) is 210 cm³/mol. The molecule has 1 saturated carbocycles. The number of thioether (sulfide) groups is 2. The topological polar surface area (TPSA) is 104 Å². The summed E-state index contributed by atoms with van der Waals surface area (Å²) in [4.78, 5) is 28.1. The summed E-state index contributed by atoms with van der Waals surface area (Å²) in [5.74, 6) is 2.07. The number of carbonyl (C=O) groups excluding carboxylic acids is 1. The zero-order valence-electron chi connectivity index (χ0n) is 30.6. The van der Waals surface area contributed by atoms with Gasteiger partial charge in [0.1, 0.15) is 15.9 Å². The fourth-order valence-corrected chi connectivity index (χ4v) is 9.34. The molecule has 1 saturated heterocycles. The summed E-state index contributed by atoms with van der Waals surface area (Å²) in [7, 11) is -3.37. The average molecular weight is 733 g/mol. The number of carbonyl (C=O) groups is 2. The fourth-order valence-electron chi connectivity index (χ4n) is 7.13. The van der Waals surface area contributed by atoms with Gasteiger partial charge in [0.2, 0.25) is 0 Å². The molecule has 274 valence electrons. The van der Waals surface area contributed by atoms with Gasteiger partial charge in [-0.3, -0.25) is 9.69 Å². The molecule has 1 aliphatic heterocycles. The molecule has 7 nitrogen and oxygen atoms in total. The number of aryl methyl sites for hydroxylation is 1. The Kier molecular flexibility index (Phi) is 17.5. The van der Waals surface area contributed by atoms with E-state index in [1.165, 1.54) is 63.5 Å². The summed E-state index contributed by atoms with van der Waals surface area (Å²) >= 11 is 3.84. The van der Waals surface area contributed by atoms with Crippen LogP contribution in [0.3, 0.4) is 0 Å². The Balaban J connectivity index is 0.000000838. The number of benzene rings is 2. The molecule has 49 heavy (non-hydrogen) atoms. The van der Waals surface area contributed by atoms with Gasteiger partial charge in [-0.1, -0.05) is 82.7 Å². The Bertz CT molecular complexity index is 1440. The molecule has 2 aromatic rings. The van der Waals surface area contributed by atoms with Crippen LogP contribution in [0, 0.1) is 18.8 Å². The Morgan fingerprint density at radius 1 is 0.980 bits per heavy atom. The van der Waals surface area contributed by atoms with Crippen LogP contribution in [0.2, 0.25) is 0 Å². The molecular formula is C39H60N2O5S3. The minimum Gasteiger partial charge on any atom is -0.480 e. The van der Waals surface area contributed by atoms with Gasteiger partial charge in [0.25, 0.3) is 5.91 Å². The van der Waals surface area contributed by atoms with Crippen molar-refractivity contribution in [1.29, 1.82) is 0 Å². The number of hydrogen-bond acceptors (Lipinski definition) is 7. The second kappa shape index (κ2) is 20.7. The zero-order chi connectivity index (χ0) is 36.0. The number of nitrogens with zero attached hydrogens (tertiary/aromatic N) is 1. The van der Waals surface area contributed by atoms with Crippen LogP contribution in [0.5, 0.6) is 0 Å². The van der Waals surface area contributed by atoms with Crippen molar-refractivity contribution in [1.82, 2.24) is 10.2 Å². The third-order valence-electron chi connectivity index (χ3n) is 10.1. The largest absolute Gasteiger partial charge is 0.480 e. The Morgan fingerprint density at radius 3 is 2.27 bits per heavy atom. The van der Waals surface area contributed by atoms with E-state index in [9.17, 15) is 23.1 Å². The molecule has 3 unspecified atom stereocenters. The van der Waals surface area contributed by atoms with Crippen molar-refractivity contribution in [3.8, 4) is 11.1 Å². The van der Waals surface area contributed by atoms with Crippen molar-refractivity contribution in [3.05, 3.63) is 59.2 Å². The third-order valence-corrected chi connectivity index (χ3v) is 12.7. The lowest BCUT2D eigenvalue weighted by molar-refractivity contribution is -0.139. The van der Waals surface area contributed by atoms with E-state index in [4.69, 9.17) is 0 Å². The second-order valence-corrected chi connectivity index (χ2v) is 18.3. The maximum Gasteiger partial charge on any atom is 0.326 e. The van der Waals surface area contributed by atoms with Gasteiger partial charge in [-0.25, -0.2) is 13.2 Å². The van der Waals surface area contributed by atoms with Gasteiger partial charge in [-0.05, 0) is 97.1 Å². The van der Waals surface area contributed by atoms with Crippen LogP contribution >= 0.6 is 23.5 Å². The summed E-state index contributed by atoms with van der Waals surface area (Å²) in [5.41, 5.74) is 4.23. The molecule has 1 amide bonds. The molecule has 2 fully saturated rings. The molecule has 0 spiro atoms. The highest BCUT2D eigenvalue weighted by atomic mass is 32.2. The van der Waals surface area contributed by atoms with E-state index in [2.05, 4.69) is 42.6 Å². The maximum atomic E-state index is 13.5. The summed E-state index contributed by atoms with van der Waals surface area (Å²) in [6.07, 6.45) is 17.0. The SMILES string of the molecule is CC[C@@H](C)CSC.CSCC1CCC(CC2CCCCC2)N1Cc1ccc(C(=O)NC(CCS(C)(=O)=O)C(=O)O)c(-c2ccccc2C)c1. The molecule has 0 bridgehead atoms. The van der Waals surface area contributed by atoms with E-state index < -0.39 is 27.8 Å². The van der Waals surface area contributed by atoms with E-state index in [-0.39, 0.29) is 12.2 Å². The number of nitrogens with one attached hydrogen (secondary N) is 1. The van der Waals surface area contributed by atoms with Crippen molar-refractivity contribution in [2.75, 3.05) is 36.0 Å². The zero-order valence-corrected chi connectivity index (χ0v) is 33.0. The van der Waals surface area contributed by atoms with Crippen molar-refractivity contribution < 1.29 is 23.1 Å². The van der Waals surface area contributed by atoms with Gasteiger partial charge in [0, 0.05) is 36.2 Å². The van der Waals surface area contributed by atoms with Crippen LogP contribution < -0.4 is 5.32 Å². The third kappa shape index (κ3) is 13.6.